The summed E-state index contributed by atoms with van der Waals surface area (Å²) in [6.45, 7) is 0.687. The first-order chi connectivity index (χ1) is 10.1. The van der Waals surface area contributed by atoms with Gasteiger partial charge in [-0.15, -0.1) is 0 Å². The molecule has 0 unspecified atom stereocenters. The van der Waals surface area contributed by atoms with Crippen LogP contribution in [0.1, 0.15) is 11.1 Å². The van der Waals surface area contributed by atoms with Crippen LogP contribution in [0.4, 0.5) is 18.9 Å². The largest absolute Gasteiger partial charge is 0.416 e. The Labute approximate surface area is 129 Å². The number of anilines is 1. The Morgan fingerprint density at radius 2 is 1.50 bits per heavy atom. The minimum Gasteiger partial charge on any atom is -0.386 e. The lowest BCUT2D eigenvalue weighted by Crippen LogP contribution is -2.05. The van der Waals surface area contributed by atoms with Crippen LogP contribution in [-0.4, -0.2) is 8.41 Å². The molecule has 116 valence electrons. The van der Waals surface area contributed by atoms with E-state index in [2.05, 4.69) is 10.6 Å². The van der Waals surface area contributed by atoms with Crippen molar-refractivity contribution in [2.45, 2.75) is 12.7 Å². The molecule has 2 N–H and O–H groups in total. The summed E-state index contributed by atoms with van der Waals surface area (Å²) in [5, 5.41) is 5.98. The van der Waals surface area contributed by atoms with E-state index < -0.39 is 11.7 Å². The van der Waals surface area contributed by atoms with Gasteiger partial charge in [-0.05, 0) is 29.8 Å². The molecule has 22 heavy (non-hydrogen) atoms. The van der Waals surface area contributed by atoms with Crippen LogP contribution in [0.5, 0.6) is 0 Å². The van der Waals surface area contributed by atoms with Gasteiger partial charge in [-0.25, -0.2) is 0 Å². The molecule has 0 heterocycles. The molecule has 2 aromatic rings. The van der Waals surface area contributed by atoms with E-state index in [4.69, 9.17) is 0 Å². The third kappa shape index (κ3) is 5.56. The van der Waals surface area contributed by atoms with E-state index in [-0.39, 0.29) is 8.41 Å². The van der Waals surface area contributed by atoms with Gasteiger partial charge in [-0.2, -0.15) is 13.2 Å². The molecule has 2 nitrogen and oxygen atoms in total. The van der Waals surface area contributed by atoms with Crippen molar-refractivity contribution in [3.05, 3.63) is 78.1 Å². The Bertz CT molecular complexity index is 581. The molecule has 0 aliphatic heterocycles. The summed E-state index contributed by atoms with van der Waals surface area (Å²) in [5.74, 6) is 0. The van der Waals surface area contributed by atoms with E-state index in [1.54, 1.807) is 12.4 Å². The molecule has 0 atom stereocenters. The Kier molecular flexibility index (Phi) is 6.57. The van der Waals surface area contributed by atoms with Crippen molar-refractivity contribution in [3.8, 4) is 0 Å². The van der Waals surface area contributed by atoms with E-state index in [1.165, 1.54) is 12.1 Å². The maximum Gasteiger partial charge on any atom is 0.416 e. The van der Waals surface area contributed by atoms with Crippen LogP contribution in [0, 0.1) is 0 Å². The lowest BCUT2D eigenvalue weighted by atomic mass is 10.2. The quantitative estimate of drug-likeness (QED) is 0.829. The molecule has 2 rings (SSSR count). The number of nitrogens with one attached hydrogen (secondary N) is 2. The minimum absolute atomic E-state index is 0. The third-order valence-corrected chi connectivity index (χ3v) is 2.81. The highest BCUT2D eigenvalue weighted by Crippen LogP contribution is 2.29. The van der Waals surface area contributed by atoms with Crippen LogP contribution in [-0.2, 0) is 12.7 Å². The standard InChI is InChI=1S/C16H15F3N2.BH3/c17-16(18,19)14-6-8-15(9-7-14)21-11-10-20-12-13-4-2-1-3-5-13;/h1-11,20-21H,12H2;1H3/b11-10+;. The monoisotopic (exact) mass is 306 g/mol. The van der Waals surface area contributed by atoms with Crippen molar-refractivity contribution >= 4 is 14.1 Å². The summed E-state index contributed by atoms with van der Waals surface area (Å²) in [7, 11) is 0. The van der Waals surface area contributed by atoms with E-state index in [0.29, 0.717) is 12.2 Å². The first-order valence-corrected chi connectivity index (χ1v) is 6.42. The van der Waals surface area contributed by atoms with Crippen LogP contribution in [0.2, 0.25) is 0 Å². The molecule has 0 aromatic heterocycles. The molecule has 0 saturated heterocycles. The molecule has 0 saturated carbocycles. The number of alkyl halides is 3. The van der Waals surface area contributed by atoms with Crippen molar-refractivity contribution in [3.63, 3.8) is 0 Å². The zero-order valence-electron chi connectivity index (χ0n) is 11.2. The van der Waals surface area contributed by atoms with Gasteiger partial charge in [-0.1, -0.05) is 30.3 Å². The normalized spacial score (nSPS) is 11.0. The Balaban J connectivity index is 0.00000242. The average molecular weight is 306 g/mol. The molecular weight excluding hydrogens is 288 g/mol. The highest BCUT2D eigenvalue weighted by atomic mass is 19.4. The molecule has 0 amide bonds. The zero-order chi connectivity index (χ0) is 15.1. The third-order valence-electron chi connectivity index (χ3n) is 2.81. The fourth-order valence-electron chi connectivity index (χ4n) is 1.72. The van der Waals surface area contributed by atoms with E-state index >= 15 is 0 Å². The summed E-state index contributed by atoms with van der Waals surface area (Å²) in [5.41, 5.74) is 1.09. The number of hydrogen-bond acceptors (Lipinski definition) is 2. The van der Waals surface area contributed by atoms with Crippen LogP contribution in [0.25, 0.3) is 0 Å². The number of rotatable bonds is 5. The van der Waals surface area contributed by atoms with E-state index in [0.717, 1.165) is 17.7 Å². The second kappa shape index (κ2) is 8.17. The number of hydrogen-bond donors (Lipinski definition) is 2. The Morgan fingerprint density at radius 1 is 0.864 bits per heavy atom. The fourth-order valence-corrected chi connectivity index (χ4v) is 1.72. The first-order valence-electron chi connectivity index (χ1n) is 6.42. The topological polar surface area (TPSA) is 24.1 Å². The Hall–Kier alpha value is -2.37. The lowest BCUT2D eigenvalue weighted by Gasteiger charge is -2.07. The second-order valence-electron chi connectivity index (χ2n) is 4.42. The highest BCUT2D eigenvalue weighted by molar-refractivity contribution is 5.75. The van der Waals surface area contributed by atoms with Gasteiger partial charge in [-0.3, -0.25) is 0 Å². The van der Waals surface area contributed by atoms with Gasteiger partial charge < -0.3 is 10.6 Å². The minimum atomic E-state index is -4.30. The van der Waals surface area contributed by atoms with E-state index in [9.17, 15) is 13.2 Å². The Morgan fingerprint density at radius 3 is 2.09 bits per heavy atom. The number of benzene rings is 2. The maximum absolute atomic E-state index is 12.4. The van der Waals surface area contributed by atoms with Crippen molar-refractivity contribution < 1.29 is 13.2 Å². The van der Waals surface area contributed by atoms with Crippen molar-refractivity contribution in [1.29, 1.82) is 0 Å². The molecule has 6 heteroatoms. The summed E-state index contributed by atoms with van der Waals surface area (Å²) in [6.07, 6.45) is -0.943. The van der Waals surface area contributed by atoms with Crippen LogP contribution >= 0.6 is 0 Å². The molecule has 0 fully saturated rings. The molecule has 0 aliphatic rings. The van der Waals surface area contributed by atoms with Crippen molar-refractivity contribution in [2.75, 3.05) is 5.32 Å². The highest BCUT2D eigenvalue weighted by Gasteiger charge is 2.29. The maximum atomic E-state index is 12.4. The predicted octanol–water partition coefficient (Wildman–Crippen LogP) is 3.19. The summed E-state index contributed by atoms with van der Waals surface area (Å²) in [4.78, 5) is 0. The number of halogens is 3. The van der Waals surface area contributed by atoms with Gasteiger partial charge in [0.1, 0.15) is 0 Å². The van der Waals surface area contributed by atoms with Gasteiger partial charge in [0, 0.05) is 24.6 Å². The molecule has 0 spiro atoms. The fraction of sp³-hybridized carbons (Fsp3) is 0.125. The molecular formula is C16H18BF3N2. The van der Waals surface area contributed by atoms with Crippen LogP contribution < -0.4 is 10.6 Å². The van der Waals surface area contributed by atoms with Gasteiger partial charge >= 0.3 is 6.18 Å². The molecule has 0 aliphatic carbocycles. The molecule has 2 aromatic carbocycles. The van der Waals surface area contributed by atoms with Crippen LogP contribution in [0.3, 0.4) is 0 Å². The van der Waals surface area contributed by atoms with Crippen LogP contribution in [0.15, 0.2) is 67.0 Å². The summed E-state index contributed by atoms with van der Waals surface area (Å²) >= 11 is 0. The smallest absolute Gasteiger partial charge is 0.386 e. The molecule has 0 radical (unpaired) electrons. The van der Waals surface area contributed by atoms with Crippen molar-refractivity contribution in [1.82, 2.24) is 5.32 Å². The van der Waals surface area contributed by atoms with E-state index in [1.807, 2.05) is 30.3 Å². The first kappa shape index (κ1) is 17.7. The zero-order valence-corrected chi connectivity index (χ0v) is 11.2. The van der Waals surface area contributed by atoms with Gasteiger partial charge in [0.15, 0.2) is 0 Å². The molecule has 0 bridgehead atoms. The second-order valence-corrected chi connectivity index (χ2v) is 4.42. The van der Waals surface area contributed by atoms with Gasteiger partial charge in [0.05, 0.1) is 14.0 Å². The van der Waals surface area contributed by atoms with Crippen molar-refractivity contribution in [2.24, 2.45) is 0 Å². The van der Waals surface area contributed by atoms with Gasteiger partial charge in [0.2, 0.25) is 0 Å². The van der Waals surface area contributed by atoms with Gasteiger partial charge in [0.25, 0.3) is 0 Å². The lowest BCUT2D eigenvalue weighted by molar-refractivity contribution is -0.137. The average Bonchev–Trinajstić information content (AvgIpc) is 2.47. The SMILES string of the molecule is B.FC(F)(F)c1ccc(N/C=C/NCc2ccccc2)cc1. The predicted molar refractivity (Wildman–Crippen MR) is 87.4 cm³/mol. The summed E-state index contributed by atoms with van der Waals surface area (Å²) in [6, 6.07) is 14.8. The summed E-state index contributed by atoms with van der Waals surface area (Å²) < 4.78 is 37.2.